The van der Waals surface area contributed by atoms with Crippen LogP contribution in [0.3, 0.4) is 0 Å². The largest absolute Gasteiger partial charge is 0.256 e. The van der Waals surface area contributed by atoms with Gasteiger partial charge in [0.15, 0.2) is 0 Å². The Bertz CT molecular complexity index is 1140. The average molecular weight is 366 g/mol. The molecule has 0 bridgehead atoms. The Labute approximate surface area is 170 Å². The molecule has 28 heavy (non-hydrogen) atoms. The molecule has 0 atom stereocenters. The first-order valence-corrected chi connectivity index (χ1v) is 9.68. The first-order valence-electron chi connectivity index (χ1n) is 10.7. The van der Waals surface area contributed by atoms with E-state index in [4.69, 9.17) is 7.73 Å². The van der Waals surface area contributed by atoms with Gasteiger partial charge in [-0.1, -0.05) is 92.7 Å². The second kappa shape index (κ2) is 8.22. The highest BCUT2D eigenvalue weighted by Crippen LogP contribution is 2.30. The Morgan fingerprint density at radius 1 is 0.714 bits per heavy atom. The molecular formula is C27H25N. The molecule has 3 aromatic carbocycles. The third kappa shape index (κ3) is 4.04. The molecule has 0 saturated heterocycles. The van der Waals surface area contributed by atoms with Crippen LogP contribution in [0.15, 0.2) is 97.2 Å². The van der Waals surface area contributed by atoms with Gasteiger partial charge in [-0.25, -0.2) is 0 Å². The van der Waals surface area contributed by atoms with Crippen LogP contribution in [0.5, 0.6) is 0 Å². The third-order valence-electron chi connectivity index (χ3n) is 4.70. The van der Waals surface area contributed by atoms with Gasteiger partial charge < -0.3 is 0 Å². The van der Waals surface area contributed by atoms with Crippen LogP contribution in [0, 0.1) is 5.92 Å². The van der Waals surface area contributed by atoms with Crippen molar-refractivity contribution in [1.29, 1.82) is 0 Å². The van der Waals surface area contributed by atoms with E-state index in [0.717, 1.165) is 33.5 Å². The Kier molecular flexibility index (Phi) is 4.65. The first kappa shape index (κ1) is 15.8. The number of pyridine rings is 1. The summed E-state index contributed by atoms with van der Waals surface area (Å²) in [6, 6.07) is 30.4. The maximum absolute atomic E-state index is 8.79. The van der Waals surface area contributed by atoms with Gasteiger partial charge in [-0.3, -0.25) is 4.98 Å². The fraction of sp³-hybridized carbons (Fsp3) is 0.148. The van der Waals surface area contributed by atoms with E-state index in [1.165, 1.54) is 0 Å². The lowest BCUT2D eigenvalue weighted by Gasteiger charge is -2.14. The van der Waals surface area contributed by atoms with E-state index in [0.29, 0.717) is 5.56 Å². The van der Waals surface area contributed by atoms with E-state index in [1.807, 2.05) is 86.8 Å². The second-order valence-electron chi connectivity index (χ2n) is 7.23. The summed E-state index contributed by atoms with van der Waals surface area (Å²) in [5.41, 5.74) is 6.54. The van der Waals surface area contributed by atoms with Crippen LogP contribution in [-0.2, 0) is 6.37 Å². The maximum atomic E-state index is 8.79. The lowest BCUT2D eigenvalue weighted by molar-refractivity contribution is 0.648. The number of rotatable bonds is 5. The molecule has 0 aliphatic heterocycles. The molecule has 0 fully saturated rings. The van der Waals surface area contributed by atoms with Crippen LogP contribution in [0.25, 0.3) is 33.5 Å². The summed E-state index contributed by atoms with van der Waals surface area (Å²) in [5.74, 6) is -0.161. The van der Waals surface area contributed by atoms with E-state index in [2.05, 4.69) is 24.3 Å². The van der Waals surface area contributed by atoms with Crippen LogP contribution in [0.4, 0.5) is 0 Å². The lowest BCUT2D eigenvalue weighted by atomic mass is 9.93. The van der Waals surface area contributed by atoms with Crippen molar-refractivity contribution in [2.45, 2.75) is 20.2 Å². The Balaban J connectivity index is 1.85. The highest BCUT2D eigenvalue weighted by molar-refractivity contribution is 5.74. The number of hydrogen-bond donors (Lipinski definition) is 0. The van der Waals surface area contributed by atoms with E-state index in [9.17, 15) is 0 Å². The topological polar surface area (TPSA) is 12.9 Å². The summed E-state index contributed by atoms with van der Waals surface area (Å²) in [7, 11) is 0. The van der Waals surface area contributed by atoms with Crippen molar-refractivity contribution in [1.82, 2.24) is 4.98 Å². The number of hydrogen-bond acceptors (Lipinski definition) is 1. The summed E-state index contributed by atoms with van der Waals surface area (Å²) < 4.78 is 17.6. The molecular weight excluding hydrogens is 338 g/mol. The summed E-state index contributed by atoms with van der Waals surface area (Å²) in [6.07, 6.45) is 0.343. The lowest BCUT2D eigenvalue weighted by Crippen LogP contribution is -1.99. The molecule has 0 radical (unpaired) electrons. The van der Waals surface area contributed by atoms with Crippen molar-refractivity contribution in [3.05, 3.63) is 103 Å². The molecule has 0 aliphatic carbocycles. The molecule has 1 heterocycles. The predicted molar refractivity (Wildman–Crippen MR) is 119 cm³/mol. The van der Waals surface area contributed by atoms with Gasteiger partial charge in [0.25, 0.3) is 0 Å². The maximum Gasteiger partial charge on any atom is 0.0705 e. The van der Waals surface area contributed by atoms with Gasteiger partial charge in [-0.15, -0.1) is 0 Å². The summed E-state index contributed by atoms with van der Waals surface area (Å²) in [5, 5.41) is 0. The van der Waals surface area contributed by atoms with Crippen molar-refractivity contribution in [2.24, 2.45) is 5.92 Å². The SMILES string of the molecule is [2H]C([2H])(c1cc(-c2cccc(-c3ccccc3)c2)ncc1-c1ccccc1)C(C)C. The normalized spacial score (nSPS) is 12.5. The average Bonchev–Trinajstić information content (AvgIpc) is 2.80. The summed E-state index contributed by atoms with van der Waals surface area (Å²) in [4.78, 5) is 4.73. The molecule has 1 nitrogen and oxygen atoms in total. The molecule has 0 amide bonds. The smallest absolute Gasteiger partial charge is 0.0705 e. The van der Waals surface area contributed by atoms with E-state index >= 15 is 0 Å². The molecule has 0 N–H and O–H groups in total. The Morgan fingerprint density at radius 2 is 1.32 bits per heavy atom. The van der Waals surface area contributed by atoms with E-state index < -0.39 is 6.37 Å². The summed E-state index contributed by atoms with van der Waals surface area (Å²) in [6.45, 7) is 3.84. The van der Waals surface area contributed by atoms with Crippen LogP contribution >= 0.6 is 0 Å². The second-order valence-corrected chi connectivity index (χ2v) is 7.23. The van der Waals surface area contributed by atoms with Crippen LogP contribution in [0.1, 0.15) is 22.2 Å². The van der Waals surface area contributed by atoms with Crippen molar-refractivity contribution in [2.75, 3.05) is 0 Å². The van der Waals surface area contributed by atoms with Crippen molar-refractivity contribution in [3.8, 4) is 33.5 Å². The molecule has 0 unspecified atom stereocenters. The van der Waals surface area contributed by atoms with Gasteiger partial charge in [-0.05, 0) is 46.7 Å². The van der Waals surface area contributed by atoms with Gasteiger partial charge >= 0.3 is 0 Å². The van der Waals surface area contributed by atoms with Gasteiger partial charge in [0.1, 0.15) is 0 Å². The zero-order valence-electron chi connectivity index (χ0n) is 18.3. The minimum Gasteiger partial charge on any atom is -0.256 e. The minimum absolute atomic E-state index is 0.161. The van der Waals surface area contributed by atoms with Crippen molar-refractivity contribution in [3.63, 3.8) is 0 Å². The first-order chi connectivity index (χ1) is 14.5. The highest BCUT2D eigenvalue weighted by Gasteiger charge is 2.11. The fourth-order valence-electron chi connectivity index (χ4n) is 3.38. The third-order valence-corrected chi connectivity index (χ3v) is 4.70. The number of aromatic nitrogens is 1. The molecule has 1 aromatic heterocycles. The van der Waals surface area contributed by atoms with Crippen LogP contribution in [-0.4, -0.2) is 4.98 Å². The zero-order valence-corrected chi connectivity index (χ0v) is 16.3. The summed E-state index contributed by atoms with van der Waals surface area (Å²) >= 11 is 0. The molecule has 0 aliphatic rings. The number of benzene rings is 3. The molecule has 1 heteroatoms. The zero-order chi connectivity index (χ0) is 21.1. The monoisotopic (exact) mass is 365 g/mol. The van der Waals surface area contributed by atoms with Crippen molar-refractivity contribution >= 4 is 0 Å². The van der Waals surface area contributed by atoms with Gasteiger partial charge in [0, 0.05) is 20.1 Å². The fourth-order valence-corrected chi connectivity index (χ4v) is 3.38. The standard InChI is InChI=1S/C27H25N/c1-20(2)16-25-18-27(28-19-26(25)22-12-7-4-8-13-22)24-15-9-14-23(17-24)21-10-5-3-6-11-21/h3-15,17-20H,16H2,1-2H3/i16D2. The molecule has 138 valence electrons. The van der Waals surface area contributed by atoms with Gasteiger partial charge in [0.2, 0.25) is 0 Å². The van der Waals surface area contributed by atoms with Gasteiger partial charge in [0.05, 0.1) is 5.69 Å². The number of nitrogens with zero attached hydrogens (tertiary/aromatic N) is 1. The predicted octanol–water partition coefficient (Wildman–Crippen LogP) is 7.28. The molecule has 0 saturated carbocycles. The van der Waals surface area contributed by atoms with Crippen LogP contribution < -0.4 is 0 Å². The quantitative estimate of drug-likeness (QED) is 0.362. The molecule has 0 spiro atoms. The van der Waals surface area contributed by atoms with Crippen molar-refractivity contribution < 1.29 is 2.74 Å². The molecule has 4 aromatic rings. The van der Waals surface area contributed by atoms with Crippen LogP contribution in [0.2, 0.25) is 0 Å². The minimum atomic E-state index is -1.47. The Hall–Kier alpha value is -3.19. The van der Waals surface area contributed by atoms with E-state index in [-0.39, 0.29) is 5.92 Å². The van der Waals surface area contributed by atoms with E-state index in [1.54, 1.807) is 0 Å². The highest BCUT2D eigenvalue weighted by atomic mass is 14.7. The van der Waals surface area contributed by atoms with Gasteiger partial charge in [-0.2, -0.15) is 0 Å². The molecule has 4 rings (SSSR count). The Morgan fingerprint density at radius 3 is 2.00 bits per heavy atom.